The molecule has 5 aromatic rings. The van der Waals surface area contributed by atoms with E-state index in [1.165, 1.54) is 6.07 Å². The average Bonchev–Trinajstić information content (AvgIpc) is 3.64. The molecule has 0 radical (unpaired) electrons. The van der Waals surface area contributed by atoms with Crippen LogP contribution in [0, 0.1) is 12.4 Å². The van der Waals surface area contributed by atoms with Crippen molar-refractivity contribution >= 4 is 28.3 Å². The number of hydrogen-bond donors (Lipinski definition) is 1. The van der Waals surface area contributed by atoms with Gasteiger partial charge in [0.25, 0.3) is 0 Å². The van der Waals surface area contributed by atoms with Crippen molar-refractivity contribution in [3.05, 3.63) is 119 Å². The molecule has 10 nitrogen and oxygen atoms in total. The molecule has 1 aliphatic rings. The second kappa shape index (κ2) is 12.5. The van der Waals surface area contributed by atoms with Gasteiger partial charge in [-0.25, -0.2) is 29.0 Å². The molecular weight excluding hydrogens is 561 g/mol. The predicted molar refractivity (Wildman–Crippen MR) is 163 cm³/mol. The van der Waals surface area contributed by atoms with Crippen molar-refractivity contribution in [3.8, 4) is 5.88 Å². The molecule has 0 unspecified atom stereocenters. The maximum absolute atomic E-state index is 14.3. The highest BCUT2D eigenvalue weighted by molar-refractivity contribution is 5.92. The number of fused-ring (bicyclic) bond motifs is 1. The van der Waals surface area contributed by atoms with E-state index in [0.717, 1.165) is 53.3 Å². The molecule has 222 valence electrons. The van der Waals surface area contributed by atoms with Crippen LogP contribution in [-0.4, -0.2) is 53.2 Å². The summed E-state index contributed by atoms with van der Waals surface area (Å²) in [6, 6.07) is 14.9. The summed E-state index contributed by atoms with van der Waals surface area (Å²) >= 11 is 0. The fourth-order valence-corrected chi connectivity index (χ4v) is 5.37. The summed E-state index contributed by atoms with van der Waals surface area (Å²) in [5.74, 6) is -0.190. The van der Waals surface area contributed by atoms with E-state index >= 15 is 0 Å². The van der Waals surface area contributed by atoms with Crippen molar-refractivity contribution in [2.24, 2.45) is 0 Å². The third-order valence-corrected chi connectivity index (χ3v) is 7.79. The molecule has 0 spiro atoms. The minimum absolute atomic E-state index is 0.0153. The van der Waals surface area contributed by atoms with E-state index in [1.54, 1.807) is 42.7 Å². The molecule has 6 rings (SSSR count). The van der Waals surface area contributed by atoms with Crippen molar-refractivity contribution in [2.45, 2.75) is 39.6 Å². The number of carboxylic acid groups (broad SMARTS) is 1. The summed E-state index contributed by atoms with van der Waals surface area (Å²) in [6.07, 6.45) is 6.56. The lowest BCUT2D eigenvalue weighted by molar-refractivity contribution is 0.0697. The number of aryl methyl sites for hydroxylation is 1. The lowest BCUT2D eigenvalue weighted by atomic mass is 10.0. The summed E-state index contributed by atoms with van der Waals surface area (Å²) in [4.78, 5) is 31.1. The Morgan fingerprint density at radius 2 is 2.02 bits per heavy atom. The molecule has 0 amide bonds. The van der Waals surface area contributed by atoms with E-state index in [4.69, 9.17) is 16.3 Å². The lowest BCUT2D eigenvalue weighted by Crippen LogP contribution is -2.29. The van der Waals surface area contributed by atoms with Gasteiger partial charge >= 0.3 is 5.97 Å². The van der Waals surface area contributed by atoms with Crippen LogP contribution in [0.3, 0.4) is 0 Å². The Bertz CT molecular complexity index is 1920. The van der Waals surface area contributed by atoms with Gasteiger partial charge in [-0.15, -0.1) is 0 Å². The largest absolute Gasteiger partial charge is 0.478 e. The van der Waals surface area contributed by atoms with Gasteiger partial charge in [0.1, 0.15) is 18.2 Å². The standard InChI is InChI=1S/C33H30FN7O3/c1-3-40-21-36-17-26(40)18-41-30-15-23(33(42)43)8-10-29(30)37-31(41)19-39-13-11-22(12-14-39)28-5-4-6-32(38-28)44-20-24-7-9-25(35-2)16-27(24)34/h4-11,15-17,21H,3,12-14,18-20H2,1H3,(H,42,43). The number of benzene rings is 2. The Hall–Kier alpha value is -5.34. The Morgan fingerprint density at radius 1 is 1.14 bits per heavy atom. The van der Waals surface area contributed by atoms with E-state index in [-0.39, 0.29) is 17.9 Å². The molecule has 44 heavy (non-hydrogen) atoms. The molecule has 1 N–H and O–H groups in total. The smallest absolute Gasteiger partial charge is 0.335 e. The zero-order valence-corrected chi connectivity index (χ0v) is 24.2. The van der Waals surface area contributed by atoms with E-state index in [0.29, 0.717) is 31.1 Å². The first-order valence-corrected chi connectivity index (χ1v) is 14.3. The number of pyridine rings is 1. The Labute approximate surface area is 253 Å². The summed E-state index contributed by atoms with van der Waals surface area (Å²) in [6.45, 7) is 12.5. The number of hydrogen-bond acceptors (Lipinski definition) is 6. The fraction of sp³-hybridized carbons (Fsp3) is 0.242. The molecule has 0 saturated heterocycles. The van der Waals surface area contributed by atoms with Crippen molar-refractivity contribution in [1.82, 2.24) is 29.0 Å². The Kier molecular flexibility index (Phi) is 8.16. The molecule has 0 aliphatic carbocycles. The monoisotopic (exact) mass is 591 g/mol. The van der Waals surface area contributed by atoms with Crippen LogP contribution in [0.2, 0.25) is 0 Å². The van der Waals surface area contributed by atoms with Crippen LogP contribution in [0.5, 0.6) is 5.88 Å². The number of nitrogens with zero attached hydrogens (tertiary/aromatic N) is 7. The molecular formula is C33H30FN7O3. The first-order valence-electron chi connectivity index (χ1n) is 14.3. The fourth-order valence-electron chi connectivity index (χ4n) is 5.37. The van der Waals surface area contributed by atoms with Gasteiger partial charge in [-0.2, -0.15) is 0 Å². The quantitative estimate of drug-likeness (QED) is 0.200. The van der Waals surface area contributed by atoms with Crippen LogP contribution < -0.4 is 4.74 Å². The van der Waals surface area contributed by atoms with E-state index in [2.05, 4.69) is 41.8 Å². The van der Waals surface area contributed by atoms with Gasteiger partial charge in [-0.05, 0) is 49.2 Å². The predicted octanol–water partition coefficient (Wildman–Crippen LogP) is 5.95. The number of rotatable bonds is 10. The molecule has 0 bridgehead atoms. The van der Waals surface area contributed by atoms with Gasteiger partial charge in [0.2, 0.25) is 5.88 Å². The normalized spacial score (nSPS) is 13.5. The highest BCUT2D eigenvalue weighted by Crippen LogP contribution is 2.26. The highest BCUT2D eigenvalue weighted by Gasteiger charge is 2.20. The molecule has 0 saturated carbocycles. The van der Waals surface area contributed by atoms with Crippen molar-refractivity contribution < 1.29 is 19.0 Å². The van der Waals surface area contributed by atoms with Crippen molar-refractivity contribution in [3.63, 3.8) is 0 Å². The molecule has 1 aliphatic heterocycles. The SMILES string of the molecule is [C-]#[N+]c1ccc(COc2cccc(C3=CCN(Cc4nc5ccc(C(=O)O)cc5n4Cc4cncn4CC)CC3)n2)c(F)c1. The molecule has 2 aromatic carbocycles. The zero-order valence-electron chi connectivity index (χ0n) is 24.2. The van der Waals surface area contributed by atoms with E-state index in [9.17, 15) is 14.3 Å². The van der Waals surface area contributed by atoms with Crippen molar-refractivity contribution in [1.29, 1.82) is 0 Å². The number of aromatic carboxylic acids is 1. The van der Waals surface area contributed by atoms with Gasteiger partial charge in [0, 0.05) is 37.5 Å². The number of ether oxygens (including phenoxy) is 1. The van der Waals surface area contributed by atoms with Crippen LogP contribution in [0.15, 0.2) is 73.2 Å². The van der Waals surface area contributed by atoms with Crippen LogP contribution >= 0.6 is 0 Å². The van der Waals surface area contributed by atoms with Gasteiger partial charge < -0.3 is 19.0 Å². The molecule has 0 fully saturated rings. The maximum atomic E-state index is 14.3. The minimum Gasteiger partial charge on any atom is -0.478 e. The topological polar surface area (TPSA) is 103 Å². The zero-order chi connectivity index (χ0) is 30.6. The molecule has 0 atom stereocenters. The van der Waals surface area contributed by atoms with Crippen molar-refractivity contribution in [2.75, 3.05) is 13.1 Å². The maximum Gasteiger partial charge on any atom is 0.335 e. The van der Waals surface area contributed by atoms with Gasteiger partial charge in [0.05, 0.1) is 54.0 Å². The van der Waals surface area contributed by atoms with E-state index in [1.807, 2.05) is 18.3 Å². The number of halogens is 1. The number of carbonyl (C=O) groups is 1. The molecule has 11 heteroatoms. The highest BCUT2D eigenvalue weighted by atomic mass is 19.1. The lowest BCUT2D eigenvalue weighted by Gasteiger charge is -2.26. The second-order valence-electron chi connectivity index (χ2n) is 10.5. The van der Waals surface area contributed by atoms with Crippen LogP contribution in [0.25, 0.3) is 21.5 Å². The summed E-state index contributed by atoms with van der Waals surface area (Å²) in [5, 5.41) is 9.59. The first kappa shape index (κ1) is 28.8. The molecule has 4 heterocycles. The number of imidazole rings is 2. The van der Waals surface area contributed by atoms with Gasteiger partial charge in [0.15, 0.2) is 5.69 Å². The van der Waals surface area contributed by atoms with Gasteiger partial charge in [-0.1, -0.05) is 24.3 Å². The van der Waals surface area contributed by atoms with Crippen LogP contribution in [-0.2, 0) is 26.2 Å². The van der Waals surface area contributed by atoms with Crippen LogP contribution in [0.4, 0.5) is 10.1 Å². The molecule has 3 aromatic heterocycles. The van der Waals surface area contributed by atoms with E-state index < -0.39 is 11.8 Å². The summed E-state index contributed by atoms with van der Waals surface area (Å²) in [5.41, 5.74) is 5.30. The Morgan fingerprint density at radius 3 is 2.77 bits per heavy atom. The van der Waals surface area contributed by atoms with Crippen LogP contribution in [0.1, 0.15) is 46.5 Å². The summed E-state index contributed by atoms with van der Waals surface area (Å²) < 4.78 is 24.2. The minimum atomic E-state index is -0.973. The second-order valence-corrected chi connectivity index (χ2v) is 10.5. The van der Waals surface area contributed by atoms with Gasteiger partial charge in [-0.3, -0.25) is 4.90 Å². The number of carboxylic acids is 1. The Balaban J connectivity index is 1.18. The summed E-state index contributed by atoms with van der Waals surface area (Å²) in [7, 11) is 0. The third kappa shape index (κ3) is 6.07. The third-order valence-electron chi connectivity index (χ3n) is 7.79. The first-order chi connectivity index (χ1) is 21.4. The average molecular weight is 592 g/mol. The number of aromatic nitrogens is 5.